The Morgan fingerprint density at radius 1 is 1.03 bits per heavy atom. The van der Waals surface area contributed by atoms with E-state index in [1.54, 1.807) is 49.4 Å². The van der Waals surface area contributed by atoms with Gasteiger partial charge in [0.25, 0.3) is 17.7 Å². The number of nitrogens with zero attached hydrogens (tertiary/aromatic N) is 1. The van der Waals surface area contributed by atoms with Crippen LogP contribution >= 0.6 is 11.6 Å². The van der Waals surface area contributed by atoms with Crippen LogP contribution < -0.4 is 25.0 Å². The number of amides is 5. The van der Waals surface area contributed by atoms with Crippen molar-refractivity contribution in [2.24, 2.45) is 0 Å². The molecule has 1 aliphatic rings. The third-order valence-electron chi connectivity index (χ3n) is 5.44. The Hall–Kier alpha value is -4.63. The molecule has 1 fully saturated rings. The van der Waals surface area contributed by atoms with Crippen molar-refractivity contribution in [2.75, 3.05) is 23.4 Å². The van der Waals surface area contributed by atoms with E-state index in [2.05, 4.69) is 10.6 Å². The zero-order valence-corrected chi connectivity index (χ0v) is 21.4. The molecule has 0 aromatic heterocycles. The Labute approximate surface area is 224 Å². The largest absolute Gasteiger partial charge is 0.490 e. The summed E-state index contributed by atoms with van der Waals surface area (Å²) in [6.07, 6.45) is 1.31. The second kappa shape index (κ2) is 11.6. The van der Waals surface area contributed by atoms with Gasteiger partial charge < -0.3 is 14.8 Å². The summed E-state index contributed by atoms with van der Waals surface area (Å²) in [4.78, 5) is 51.3. The maximum Gasteiger partial charge on any atom is 0.335 e. The van der Waals surface area contributed by atoms with Gasteiger partial charge in [0.05, 0.1) is 17.3 Å². The van der Waals surface area contributed by atoms with Crippen LogP contribution in [0.4, 0.5) is 16.2 Å². The van der Waals surface area contributed by atoms with Gasteiger partial charge in [-0.15, -0.1) is 0 Å². The van der Waals surface area contributed by atoms with Crippen molar-refractivity contribution in [2.45, 2.75) is 13.8 Å². The second-order valence-electron chi connectivity index (χ2n) is 8.26. The Morgan fingerprint density at radius 3 is 2.42 bits per heavy atom. The molecular weight excluding hydrogens is 510 g/mol. The SMILES string of the molecule is CCOc1cc(/C=C2\C(=O)NC(=O)N(c3ccccc3)C2=O)cc(Cl)c1OCC(=O)Nc1ccc(C)cc1. The maximum atomic E-state index is 13.1. The Bertz CT molecular complexity index is 1420. The van der Waals surface area contributed by atoms with E-state index in [-0.39, 0.29) is 35.3 Å². The normalized spacial score (nSPS) is 14.3. The topological polar surface area (TPSA) is 114 Å². The van der Waals surface area contributed by atoms with Gasteiger partial charge in [-0.25, -0.2) is 9.69 Å². The highest BCUT2D eigenvalue weighted by Gasteiger charge is 2.36. The minimum atomic E-state index is -0.843. The molecule has 3 aromatic rings. The summed E-state index contributed by atoms with van der Waals surface area (Å²) < 4.78 is 11.3. The van der Waals surface area contributed by atoms with Gasteiger partial charge in [0.2, 0.25) is 0 Å². The fourth-order valence-corrected chi connectivity index (χ4v) is 3.96. The van der Waals surface area contributed by atoms with Gasteiger partial charge in [-0.3, -0.25) is 19.7 Å². The number of ether oxygens (including phenoxy) is 2. The smallest absolute Gasteiger partial charge is 0.335 e. The summed E-state index contributed by atoms with van der Waals surface area (Å²) >= 11 is 6.45. The first-order valence-corrected chi connectivity index (χ1v) is 12.1. The van der Waals surface area contributed by atoms with Crippen LogP contribution in [0.25, 0.3) is 6.08 Å². The Kier molecular flexibility index (Phi) is 8.08. The number of imide groups is 2. The van der Waals surface area contributed by atoms with Gasteiger partial charge in [-0.05, 0) is 61.9 Å². The number of hydrogen-bond acceptors (Lipinski definition) is 6. The third kappa shape index (κ3) is 6.01. The van der Waals surface area contributed by atoms with Crippen LogP contribution in [0.1, 0.15) is 18.1 Å². The third-order valence-corrected chi connectivity index (χ3v) is 5.72. The number of carbonyl (C=O) groups is 4. The van der Waals surface area contributed by atoms with Crippen molar-refractivity contribution in [1.29, 1.82) is 0 Å². The first kappa shape index (κ1) is 26.4. The molecule has 0 radical (unpaired) electrons. The zero-order valence-electron chi connectivity index (χ0n) is 20.6. The van der Waals surface area contributed by atoms with Crippen LogP contribution in [-0.4, -0.2) is 37.0 Å². The summed E-state index contributed by atoms with van der Waals surface area (Å²) in [6.45, 7) is 3.64. The minimum Gasteiger partial charge on any atom is -0.490 e. The molecule has 1 saturated heterocycles. The number of halogens is 1. The number of para-hydroxylation sites is 1. The summed E-state index contributed by atoms with van der Waals surface area (Å²) in [6, 6.07) is 17.7. The zero-order chi connectivity index (χ0) is 27.2. The van der Waals surface area contributed by atoms with E-state index < -0.39 is 23.8 Å². The first-order valence-electron chi connectivity index (χ1n) is 11.7. The van der Waals surface area contributed by atoms with Crippen LogP contribution in [-0.2, 0) is 14.4 Å². The lowest BCUT2D eigenvalue weighted by Crippen LogP contribution is -2.54. The van der Waals surface area contributed by atoms with E-state index in [0.717, 1.165) is 10.5 Å². The van der Waals surface area contributed by atoms with Gasteiger partial charge in [0, 0.05) is 5.69 Å². The predicted octanol–water partition coefficient (Wildman–Crippen LogP) is 4.73. The Balaban J connectivity index is 1.57. The fourth-order valence-electron chi connectivity index (χ4n) is 3.68. The van der Waals surface area contributed by atoms with E-state index in [4.69, 9.17) is 21.1 Å². The van der Waals surface area contributed by atoms with Crippen molar-refractivity contribution < 1.29 is 28.7 Å². The van der Waals surface area contributed by atoms with Crippen molar-refractivity contribution >= 4 is 52.8 Å². The molecular formula is C28H24ClN3O6. The summed E-state index contributed by atoms with van der Waals surface area (Å²) in [5, 5.41) is 5.01. The van der Waals surface area contributed by atoms with E-state index in [9.17, 15) is 19.2 Å². The molecule has 0 bridgehead atoms. The molecule has 9 nitrogen and oxygen atoms in total. The molecule has 1 aliphatic heterocycles. The fraction of sp³-hybridized carbons (Fsp3) is 0.143. The lowest BCUT2D eigenvalue weighted by atomic mass is 10.1. The van der Waals surface area contributed by atoms with E-state index in [0.29, 0.717) is 16.9 Å². The number of benzene rings is 3. The van der Waals surface area contributed by atoms with Gasteiger partial charge in [0.15, 0.2) is 18.1 Å². The lowest BCUT2D eigenvalue weighted by molar-refractivity contribution is -0.122. The molecule has 0 aliphatic carbocycles. The van der Waals surface area contributed by atoms with Crippen LogP contribution in [0.2, 0.25) is 5.02 Å². The van der Waals surface area contributed by atoms with Gasteiger partial charge in [-0.2, -0.15) is 0 Å². The molecule has 10 heteroatoms. The average molecular weight is 534 g/mol. The highest BCUT2D eigenvalue weighted by atomic mass is 35.5. The van der Waals surface area contributed by atoms with Crippen LogP contribution in [0.3, 0.4) is 0 Å². The minimum absolute atomic E-state index is 0.102. The predicted molar refractivity (Wildman–Crippen MR) is 143 cm³/mol. The van der Waals surface area contributed by atoms with E-state index in [1.165, 1.54) is 18.2 Å². The molecule has 0 atom stereocenters. The molecule has 4 rings (SSSR count). The highest BCUT2D eigenvalue weighted by Crippen LogP contribution is 2.37. The van der Waals surface area contributed by atoms with E-state index >= 15 is 0 Å². The lowest BCUT2D eigenvalue weighted by Gasteiger charge is -2.26. The molecule has 2 N–H and O–H groups in total. The number of anilines is 2. The number of urea groups is 1. The Morgan fingerprint density at radius 2 is 1.74 bits per heavy atom. The van der Waals surface area contributed by atoms with Crippen LogP contribution in [0.15, 0.2) is 72.3 Å². The molecule has 0 saturated carbocycles. The number of nitrogens with one attached hydrogen (secondary N) is 2. The van der Waals surface area contributed by atoms with Crippen LogP contribution in [0.5, 0.6) is 11.5 Å². The molecule has 3 aromatic carbocycles. The molecule has 194 valence electrons. The molecule has 38 heavy (non-hydrogen) atoms. The average Bonchev–Trinajstić information content (AvgIpc) is 2.88. The molecule has 5 amide bonds. The maximum absolute atomic E-state index is 13.1. The van der Waals surface area contributed by atoms with Gasteiger partial charge in [-0.1, -0.05) is 47.5 Å². The molecule has 0 spiro atoms. The summed E-state index contributed by atoms with van der Waals surface area (Å²) in [5.41, 5.74) is 2.10. The summed E-state index contributed by atoms with van der Waals surface area (Å²) in [5.74, 6) is -1.67. The van der Waals surface area contributed by atoms with Crippen molar-refractivity contribution in [1.82, 2.24) is 5.32 Å². The number of barbiturate groups is 1. The van der Waals surface area contributed by atoms with Gasteiger partial charge >= 0.3 is 6.03 Å². The number of hydrogen-bond donors (Lipinski definition) is 2. The van der Waals surface area contributed by atoms with Crippen molar-refractivity contribution in [3.8, 4) is 11.5 Å². The second-order valence-corrected chi connectivity index (χ2v) is 8.67. The number of aryl methyl sites for hydroxylation is 1. The standard InChI is InChI=1S/C28H24ClN3O6/c1-3-37-23-15-18(13-21-26(34)31-28(36)32(27(21)35)20-7-5-4-6-8-20)14-22(29)25(23)38-16-24(33)30-19-11-9-17(2)10-12-19/h4-15H,3,16H2,1-2H3,(H,30,33)(H,31,34,36)/b21-13+. The van der Waals surface area contributed by atoms with E-state index in [1.807, 2.05) is 19.1 Å². The van der Waals surface area contributed by atoms with Crippen molar-refractivity contribution in [3.63, 3.8) is 0 Å². The molecule has 0 unspecified atom stereocenters. The quantitative estimate of drug-likeness (QED) is 0.319. The first-order chi connectivity index (χ1) is 18.3. The molecule has 1 heterocycles. The summed E-state index contributed by atoms with van der Waals surface area (Å²) in [7, 11) is 0. The van der Waals surface area contributed by atoms with Gasteiger partial charge in [0.1, 0.15) is 5.57 Å². The van der Waals surface area contributed by atoms with Crippen molar-refractivity contribution in [3.05, 3.63) is 88.5 Å². The number of carbonyl (C=O) groups excluding carboxylic acids is 4. The monoisotopic (exact) mass is 533 g/mol. The van der Waals surface area contributed by atoms with Crippen LogP contribution in [0, 0.1) is 6.92 Å². The highest BCUT2D eigenvalue weighted by molar-refractivity contribution is 6.39. The number of rotatable bonds is 8.